The van der Waals surface area contributed by atoms with E-state index >= 15 is 0 Å². The Hall–Kier alpha value is -1.77. The summed E-state index contributed by atoms with van der Waals surface area (Å²) in [5, 5.41) is 0. The first-order valence-corrected chi connectivity index (χ1v) is 4.85. The SMILES string of the molecule is Fc1ccccc1Cc1c(F)cccc1F. The lowest BCUT2D eigenvalue weighted by Crippen LogP contribution is -1.98. The zero-order valence-corrected chi connectivity index (χ0v) is 8.38. The van der Waals surface area contributed by atoms with Crippen molar-refractivity contribution in [3.8, 4) is 0 Å². The van der Waals surface area contributed by atoms with Crippen LogP contribution < -0.4 is 0 Å². The van der Waals surface area contributed by atoms with Crippen LogP contribution in [-0.2, 0) is 6.42 Å². The molecule has 0 saturated carbocycles. The Morgan fingerprint density at radius 3 is 1.88 bits per heavy atom. The lowest BCUT2D eigenvalue weighted by molar-refractivity contribution is 0.556. The van der Waals surface area contributed by atoms with E-state index in [1.54, 1.807) is 6.07 Å². The van der Waals surface area contributed by atoms with Crippen molar-refractivity contribution >= 4 is 0 Å². The minimum Gasteiger partial charge on any atom is -0.207 e. The first kappa shape index (κ1) is 10.7. The fourth-order valence-corrected chi connectivity index (χ4v) is 1.53. The molecule has 2 aromatic carbocycles. The van der Waals surface area contributed by atoms with Crippen molar-refractivity contribution in [2.45, 2.75) is 6.42 Å². The van der Waals surface area contributed by atoms with E-state index in [2.05, 4.69) is 0 Å². The Morgan fingerprint density at radius 1 is 0.688 bits per heavy atom. The summed E-state index contributed by atoms with van der Waals surface area (Å²) in [6.45, 7) is 0. The van der Waals surface area contributed by atoms with Gasteiger partial charge in [0.25, 0.3) is 0 Å². The average Bonchev–Trinajstić information content (AvgIpc) is 2.26. The van der Waals surface area contributed by atoms with Gasteiger partial charge in [0.1, 0.15) is 17.5 Å². The Bertz CT molecular complexity index is 486. The fourth-order valence-electron chi connectivity index (χ4n) is 1.53. The molecule has 2 rings (SSSR count). The summed E-state index contributed by atoms with van der Waals surface area (Å²) >= 11 is 0. The summed E-state index contributed by atoms with van der Waals surface area (Å²) in [6, 6.07) is 9.58. The van der Waals surface area contributed by atoms with Crippen LogP contribution in [0.3, 0.4) is 0 Å². The van der Waals surface area contributed by atoms with Crippen molar-refractivity contribution in [2.24, 2.45) is 0 Å². The van der Waals surface area contributed by atoms with Crippen LogP contribution in [0.15, 0.2) is 42.5 Å². The Morgan fingerprint density at radius 2 is 1.25 bits per heavy atom. The van der Waals surface area contributed by atoms with Gasteiger partial charge in [0.05, 0.1) is 0 Å². The van der Waals surface area contributed by atoms with Gasteiger partial charge in [-0.25, -0.2) is 13.2 Å². The number of benzene rings is 2. The molecule has 0 unspecified atom stereocenters. The van der Waals surface area contributed by atoms with E-state index in [0.29, 0.717) is 0 Å². The van der Waals surface area contributed by atoms with Crippen LogP contribution in [0.5, 0.6) is 0 Å². The minimum atomic E-state index is -0.650. The van der Waals surface area contributed by atoms with Gasteiger partial charge < -0.3 is 0 Å². The lowest BCUT2D eigenvalue weighted by atomic mass is 10.0. The van der Waals surface area contributed by atoms with E-state index in [4.69, 9.17) is 0 Å². The first-order valence-electron chi connectivity index (χ1n) is 4.85. The molecule has 0 radical (unpaired) electrons. The summed E-state index contributed by atoms with van der Waals surface area (Å²) in [4.78, 5) is 0. The number of rotatable bonds is 2. The maximum Gasteiger partial charge on any atom is 0.129 e. The smallest absolute Gasteiger partial charge is 0.129 e. The van der Waals surface area contributed by atoms with Gasteiger partial charge in [-0.2, -0.15) is 0 Å². The molecular formula is C13H9F3. The van der Waals surface area contributed by atoms with Crippen molar-refractivity contribution in [1.82, 2.24) is 0 Å². The highest BCUT2D eigenvalue weighted by Crippen LogP contribution is 2.18. The van der Waals surface area contributed by atoms with Crippen molar-refractivity contribution in [2.75, 3.05) is 0 Å². The zero-order valence-electron chi connectivity index (χ0n) is 8.38. The molecule has 0 nitrogen and oxygen atoms in total. The van der Waals surface area contributed by atoms with Crippen LogP contribution in [-0.4, -0.2) is 0 Å². The Kier molecular flexibility index (Phi) is 2.95. The van der Waals surface area contributed by atoms with E-state index in [-0.39, 0.29) is 17.5 Å². The maximum absolute atomic E-state index is 13.3. The molecule has 0 aliphatic carbocycles. The molecule has 3 heteroatoms. The normalized spacial score (nSPS) is 10.4. The van der Waals surface area contributed by atoms with E-state index < -0.39 is 17.5 Å². The third-order valence-electron chi connectivity index (χ3n) is 2.39. The van der Waals surface area contributed by atoms with Gasteiger partial charge in [0.15, 0.2) is 0 Å². The van der Waals surface area contributed by atoms with Crippen molar-refractivity contribution in [1.29, 1.82) is 0 Å². The highest BCUT2D eigenvalue weighted by molar-refractivity contribution is 5.29. The molecule has 16 heavy (non-hydrogen) atoms. The number of hydrogen-bond donors (Lipinski definition) is 0. The van der Waals surface area contributed by atoms with E-state index in [0.717, 1.165) is 0 Å². The van der Waals surface area contributed by atoms with Gasteiger partial charge in [-0.1, -0.05) is 24.3 Å². The van der Waals surface area contributed by atoms with Crippen LogP contribution in [0.4, 0.5) is 13.2 Å². The molecular weight excluding hydrogens is 213 g/mol. The molecule has 0 aromatic heterocycles. The molecule has 0 N–H and O–H groups in total. The van der Waals surface area contributed by atoms with Crippen molar-refractivity contribution in [3.63, 3.8) is 0 Å². The van der Waals surface area contributed by atoms with Crippen LogP contribution in [0.25, 0.3) is 0 Å². The van der Waals surface area contributed by atoms with E-state index in [1.165, 1.54) is 36.4 Å². The molecule has 82 valence electrons. The quantitative estimate of drug-likeness (QED) is 0.726. The van der Waals surface area contributed by atoms with Crippen molar-refractivity contribution in [3.05, 3.63) is 71.0 Å². The molecule has 0 saturated heterocycles. The second-order valence-electron chi connectivity index (χ2n) is 3.47. The van der Waals surface area contributed by atoms with E-state index in [1.807, 2.05) is 0 Å². The van der Waals surface area contributed by atoms with Crippen LogP contribution in [0.1, 0.15) is 11.1 Å². The van der Waals surface area contributed by atoms with Gasteiger partial charge in [-0.3, -0.25) is 0 Å². The van der Waals surface area contributed by atoms with Crippen LogP contribution in [0, 0.1) is 17.5 Å². The second kappa shape index (κ2) is 4.39. The molecule has 0 aliphatic rings. The van der Waals surface area contributed by atoms with Gasteiger partial charge in [-0.15, -0.1) is 0 Å². The largest absolute Gasteiger partial charge is 0.207 e. The molecule has 0 spiro atoms. The highest BCUT2D eigenvalue weighted by Gasteiger charge is 2.10. The van der Waals surface area contributed by atoms with Crippen LogP contribution >= 0.6 is 0 Å². The molecule has 0 heterocycles. The number of hydrogen-bond acceptors (Lipinski definition) is 0. The molecule has 2 aromatic rings. The second-order valence-corrected chi connectivity index (χ2v) is 3.47. The molecule has 0 amide bonds. The minimum absolute atomic E-state index is 0.0782. The average molecular weight is 222 g/mol. The van der Waals surface area contributed by atoms with Gasteiger partial charge in [0, 0.05) is 12.0 Å². The van der Waals surface area contributed by atoms with Gasteiger partial charge in [0.2, 0.25) is 0 Å². The highest BCUT2D eigenvalue weighted by atomic mass is 19.1. The predicted octanol–water partition coefficient (Wildman–Crippen LogP) is 3.69. The monoisotopic (exact) mass is 222 g/mol. The predicted molar refractivity (Wildman–Crippen MR) is 55.6 cm³/mol. The van der Waals surface area contributed by atoms with E-state index in [9.17, 15) is 13.2 Å². The summed E-state index contributed by atoms with van der Waals surface area (Å²) in [6.07, 6.45) is -0.0782. The lowest BCUT2D eigenvalue weighted by Gasteiger charge is -2.05. The first-order chi connectivity index (χ1) is 7.68. The third kappa shape index (κ3) is 2.08. The van der Waals surface area contributed by atoms with Gasteiger partial charge in [-0.05, 0) is 23.8 Å². The van der Waals surface area contributed by atoms with Crippen molar-refractivity contribution < 1.29 is 13.2 Å². The molecule has 0 bridgehead atoms. The zero-order chi connectivity index (χ0) is 11.5. The summed E-state index contributed by atoms with van der Waals surface area (Å²) < 4.78 is 39.9. The molecule has 0 aliphatic heterocycles. The Labute approximate surface area is 91.4 Å². The Balaban J connectivity index is 2.38. The van der Waals surface area contributed by atoms with Crippen LogP contribution in [0.2, 0.25) is 0 Å². The van der Waals surface area contributed by atoms with Gasteiger partial charge >= 0.3 is 0 Å². The molecule has 0 atom stereocenters. The topological polar surface area (TPSA) is 0 Å². The fraction of sp³-hybridized carbons (Fsp3) is 0.0769. The summed E-state index contributed by atoms with van der Waals surface area (Å²) in [7, 11) is 0. The summed E-state index contributed by atoms with van der Waals surface area (Å²) in [5.41, 5.74) is 0.180. The molecule has 0 fully saturated rings. The summed E-state index contributed by atoms with van der Waals surface area (Å²) in [5.74, 6) is -1.75. The third-order valence-corrected chi connectivity index (χ3v) is 2.39. The maximum atomic E-state index is 13.3. The standard InChI is InChI=1S/C13H9F3/c14-11-5-2-1-4-9(11)8-10-12(15)6-3-7-13(10)16/h1-7H,8H2. The number of halogens is 3.